The molecule has 0 saturated carbocycles. The molecule has 1 atom stereocenters. The Labute approximate surface area is 152 Å². The van der Waals surface area contributed by atoms with Crippen molar-refractivity contribution in [2.24, 2.45) is 0 Å². The van der Waals surface area contributed by atoms with Crippen molar-refractivity contribution in [1.82, 2.24) is 0 Å². The second-order valence-corrected chi connectivity index (χ2v) is 5.71. The average molecular weight is 359 g/mol. The molecule has 0 aromatic heterocycles. The summed E-state index contributed by atoms with van der Waals surface area (Å²) in [4.78, 5) is 24.0. The van der Waals surface area contributed by atoms with Gasteiger partial charge in [0, 0.05) is 12.1 Å². The summed E-state index contributed by atoms with van der Waals surface area (Å²) in [5, 5.41) is 2.68. The third-order valence-corrected chi connectivity index (χ3v) is 3.64. The van der Waals surface area contributed by atoms with Crippen LogP contribution in [-0.2, 0) is 20.7 Å². The van der Waals surface area contributed by atoms with Gasteiger partial charge in [-0.05, 0) is 62.2 Å². The van der Waals surface area contributed by atoms with E-state index in [1.807, 2.05) is 6.92 Å². The molecule has 0 heterocycles. The Hall–Kier alpha value is -2.89. The topological polar surface area (TPSA) is 64.6 Å². The van der Waals surface area contributed by atoms with Crippen molar-refractivity contribution in [3.05, 3.63) is 59.9 Å². The van der Waals surface area contributed by atoms with Crippen LogP contribution in [0.4, 0.5) is 10.1 Å². The summed E-state index contributed by atoms with van der Waals surface area (Å²) in [6.45, 7) is 3.97. The van der Waals surface area contributed by atoms with Crippen LogP contribution < -0.4 is 10.1 Å². The van der Waals surface area contributed by atoms with Gasteiger partial charge in [-0.1, -0.05) is 12.1 Å². The first-order chi connectivity index (χ1) is 12.5. The fourth-order valence-electron chi connectivity index (χ4n) is 2.25. The summed E-state index contributed by atoms with van der Waals surface area (Å²) < 4.78 is 23.3. The summed E-state index contributed by atoms with van der Waals surface area (Å²) in [5.41, 5.74) is 1.42. The number of aryl methyl sites for hydroxylation is 1. The van der Waals surface area contributed by atoms with E-state index in [4.69, 9.17) is 9.47 Å². The van der Waals surface area contributed by atoms with Crippen LogP contribution in [0.1, 0.15) is 25.8 Å². The molecule has 2 aromatic carbocycles. The number of nitrogens with one attached hydrogen (secondary N) is 1. The number of anilines is 1. The zero-order chi connectivity index (χ0) is 18.9. The van der Waals surface area contributed by atoms with E-state index in [9.17, 15) is 14.0 Å². The third-order valence-electron chi connectivity index (χ3n) is 3.64. The number of benzene rings is 2. The molecular weight excluding hydrogens is 337 g/mol. The molecule has 0 bridgehead atoms. The monoisotopic (exact) mass is 359 g/mol. The smallest absolute Gasteiger partial charge is 0.306 e. The quantitative estimate of drug-likeness (QED) is 0.730. The van der Waals surface area contributed by atoms with E-state index in [-0.39, 0.29) is 12.2 Å². The molecule has 138 valence electrons. The van der Waals surface area contributed by atoms with Crippen LogP contribution in [0.5, 0.6) is 5.75 Å². The van der Waals surface area contributed by atoms with Gasteiger partial charge in [-0.3, -0.25) is 9.59 Å². The SMILES string of the molecule is CCOc1ccc(NC(=O)C(C)OC(=O)CCc2ccc(F)cc2)cc1. The van der Waals surface area contributed by atoms with Gasteiger partial charge >= 0.3 is 5.97 Å². The van der Waals surface area contributed by atoms with Gasteiger partial charge < -0.3 is 14.8 Å². The second kappa shape index (κ2) is 9.56. The Morgan fingerprint density at radius 2 is 1.73 bits per heavy atom. The highest BCUT2D eigenvalue weighted by Crippen LogP contribution is 2.16. The lowest BCUT2D eigenvalue weighted by Crippen LogP contribution is -2.30. The van der Waals surface area contributed by atoms with Crippen LogP contribution in [0.2, 0.25) is 0 Å². The third kappa shape index (κ3) is 6.20. The first kappa shape index (κ1) is 19.4. The molecular formula is C20H22FNO4. The van der Waals surface area contributed by atoms with E-state index in [1.165, 1.54) is 19.1 Å². The first-order valence-electron chi connectivity index (χ1n) is 8.45. The van der Waals surface area contributed by atoms with E-state index in [1.54, 1.807) is 36.4 Å². The summed E-state index contributed by atoms with van der Waals surface area (Å²) in [7, 11) is 0. The molecule has 1 N–H and O–H groups in total. The molecule has 1 unspecified atom stereocenters. The fraction of sp³-hybridized carbons (Fsp3) is 0.300. The molecule has 0 saturated heterocycles. The number of carbonyl (C=O) groups excluding carboxylic acids is 2. The molecule has 0 spiro atoms. The molecule has 2 aromatic rings. The van der Waals surface area contributed by atoms with Gasteiger partial charge in [-0.15, -0.1) is 0 Å². The Balaban J connectivity index is 1.78. The number of amides is 1. The highest BCUT2D eigenvalue weighted by Gasteiger charge is 2.18. The molecule has 0 fully saturated rings. The fourth-order valence-corrected chi connectivity index (χ4v) is 2.25. The lowest BCUT2D eigenvalue weighted by atomic mass is 10.1. The van der Waals surface area contributed by atoms with Gasteiger partial charge in [0.25, 0.3) is 5.91 Å². The van der Waals surface area contributed by atoms with Crippen molar-refractivity contribution in [2.75, 3.05) is 11.9 Å². The van der Waals surface area contributed by atoms with Crippen LogP contribution >= 0.6 is 0 Å². The largest absolute Gasteiger partial charge is 0.494 e. The summed E-state index contributed by atoms with van der Waals surface area (Å²) in [6.07, 6.45) is -0.374. The van der Waals surface area contributed by atoms with Gasteiger partial charge in [-0.2, -0.15) is 0 Å². The predicted molar refractivity (Wildman–Crippen MR) is 96.5 cm³/mol. The van der Waals surface area contributed by atoms with Crippen molar-refractivity contribution < 1.29 is 23.5 Å². The van der Waals surface area contributed by atoms with Crippen molar-refractivity contribution in [2.45, 2.75) is 32.8 Å². The number of ether oxygens (including phenoxy) is 2. The maximum atomic E-state index is 12.8. The number of halogens is 1. The van der Waals surface area contributed by atoms with Gasteiger partial charge in [0.1, 0.15) is 11.6 Å². The van der Waals surface area contributed by atoms with E-state index in [0.717, 1.165) is 5.56 Å². The number of carbonyl (C=O) groups is 2. The lowest BCUT2D eigenvalue weighted by molar-refractivity contribution is -0.153. The molecule has 5 nitrogen and oxygen atoms in total. The Morgan fingerprint density at radius 3 is 2.35 bits per heavy atom. The van der Waals surface area contributed by atoms with E-state index in [2.05, 4.69) is 5.32 Å². The summed E-state index contributed by atoms with van der Waals surface area (Å²) in [5.74, 6) is -0.505. The number of hydrogen-bond acceptors (Lipinski definition) is 4. The van der Waals surface area contributed by atoms with Gasteiger partial charge in [0.2, 0.25) is 0 Å². The lowest BCUT2D eigenvalue weighted by Gasteiger charge is -2.14. The van der Waals surface area contributed by atoms with Crippen LogP contribution in [0.3, 0.4) is 0 Å². The molecule has 0 radical (unpaired) electrons. The number of esters is 1. The molecule has 2 rings (SSSR count). The molecule has 6 heteroatoms. The molecule has 0 aliphatic carbocycles. The van der Waals surface area contributed by atoms with E-state index < -0.39 is 18.0 Å². The zero-order valence-corrected chi connectivity index (χ0v) is 14.8. The first-order valence-corrected chi connectivity index (χ1v) is 8.45. The summed E-state index contributed by atoms with van der Waals surface area (Å²) >= 11 is 0. The van der Waals surface area contributed by atoms with Gasteiger partial charge in [0.05, 0.1) is 6.61 Å². The van der Waals surface area contributed by atoms with Gasteiger partial charge in [-0.25, -0.2) is 4.39 Å². The molecule has 26 heavy (non-hydrogen) atoms. The molecule has 0 aliphatic rings. The van der Waals surface area contributed by atoms with Gasteiger partial charge in [0.15, 0.2) is 6.10 Å². The Bertz CT molecular complexity index is 728. The van der Waals surface area contributed by atoms with E-state index in [0.29, 0.717) is 24.5 Å². The highest BCUT2D eigenvalue weighted by molar-refractivity contribution is 5.95. The minimum absolute atomic E-state index is 0.117. The zero-order valence-electron chi connectivity index (χ0n) is 14.8. The van der Waals surface area contributed by atoms with Crippen LogP contribution in [-0.4, -0.2) is 24.6 Å². The maximum Gasteiger partial charge on any atom is 0.306 e. The van der Waals surface area contributed by atoms with Crippen LogP contribution in [0.25, 0.3) is 0 Å². The standard InChI is InChI=1S/C20H22FNO4/c1-3-25-18-11-9-17(10-12-18)22-20(24)14(2)26-19(23)13-6-15-4-7-16(21)8-5-15/h4-5,7-12,14H,3,6,13H2,1-2H3,(H,22,24). The average Bonchev–Trinajstić information content (AvgIpc) is 2.63. The minimum Gasteiger partial charge on any atom is -0.494 e. The number of hydrogen-bond donors (Lipinski definition) is 1. The number of rotatable bonds is 8. The molecule has 0 aliphatic heterocycles. The Kier molecular flexibility index (Phi) is 7.14. The van der Waals surface area contributed by atoms with Crippen molar-refractivity contribution in [3.8, 4) is 5.75 Å². The normalized spacial score (nSPS) is 11.5. The summed E-state index contributed by atoms with van der Waals surface area (Å²) in [6, 6.07) is 12.8. The minimum atomic E-state index is -0.915. The van der Waals surface area contributed by atoms with Crippen molar-refractivity contribution in [1.29, 1.82) is 0 Å². The maximum absolute atomic E-state index is 12.8. The Morgan fingerprint density at radius 1 is 1.08 bits per heavy atom. The highest BCUT2D eigenvalue weighted by atomic mass is 19.1. The molecule has 1 amide bonds. The van der Waals surface area contributed by atoms with Crippen LogP contribution in [0, 0.1) is 5.82 Å². The second-order valence-electron chi connectivity index (χ2n) is 5.71. The van der Waals surface area contributed by atoms with Crippen LogP contribution in [0.15, 0.2) is 48.5 Å². The van der Waals surface area contributed by atoms with E-state index >= 15 is 0 Å². The predicted octanol–water partition coefficient (Wildman–Crippen LogP) is 3.73. The van der Waals surface area contributed by atoms with Crippen molar-refractivity contribution >= 4 is 17.6 Å². The van der Waals surface area contributed by atoms with Crippen molar-refractivity contribution in [3.63, 3.8) is 0 Å².